The molecule has 0 amide bonds. The Morgan fingerprint density at radius 3 is 2.00 bits per heavy atom. The van der Waals surface area contributed by atoms with Crippen LogP contribution < -0.4 is 5.59 Å². The number of aromatic nitrogens is 2. The minimum atomic E-state index is -0.533. The van der Waals surface area contributed by atoms with E-state index < -0.39 is 18.3 Å². The topological polar surface area (TPSA) is 44.2 Å². The number of hydrogen-bond donors (Lipinski definition) is 0. The maximum absolute atomic E-state index is 6.38. The van der Waals surface area contributed by atoms with E-state index in [-0.39, 0.29) is 0 Å². The lowest BCUT2D eigenvalue weighted by Gasteiger charge is -2.32. The van der Waals surface area contributed by atoms with E-state index >= 15 is 0 Å². The van der Waals surface area contributed by atoms with Crippen molar-refractivity contribution in [3.8, 4) is 11.3 Å². The Balaban J connectivity index is 1.52. The van der Waals surface area contributed by atoms with Gasteiger partial charge in [-0.05, 0) is 49.9 Å². The van der Waals surface area contributed by atoms with Gasteiger partial charge in [0, 0.05) is 33.3 Å². The van der Waals surface area contributed by atoms with Crippen LogP contribution in [-0.2, 0) is 9.31 Å². The normalized spacial score (nSPS) is 16.8. The third-order valence-corrected chi connectivity index (χ3v) is 8.15. The number of rotatable bonds is 2. The van der Waals surface area contributed by atoms with Crippen LogP contribution in [0.25, 0.3) is 54.5 Å². The number of nitrogens with zero attached hydrogens (tertiary/aromatic N) is 2. The Bertz CT molecular complexity index is 1830. The van der Waals surface area contributed by atoms with E-state index in [0.717, 1.165) is 43.9 Å². The molecule has 2 aromatic heterocycles. The molecule has 1 aliphatic rings. The molecule has 0 N–H and O–H groups in total. The summed E-state index contributed by atoms with van der Waals surface area (Å²) >= 11 is 0. The molecule has 1 aliphatic heterocycles. The molecule has 0 radical (unpaired) electrons. The Morgan fingerprint density at radius 2 is 1.24 bits per heavy atom. The summed E-state index contributed by atoms with van der Waals surface area (Å²) in [5.74, 6) is 0. The van der Waals surface area contributed by atoms with Crippen LogP contribution in [0.3, 0.4) is 0 Å². The first-order chi connectivity index (χ1) is 17.8. The van der Waals surface area contributed by atoms with E-state index in [0.29, 0.717) is 0 Å². The first-order valence-electron chi connectivity index (χ1n) is 12.8. The third-order valence-electron chi connectivity index (χ3n) is 8.15. The smallest absolute Gasteiger partial charge is 0.398 e. The standard InChI is InChI=1S/C32H27BN2O2/c1-31(2)32(3,4)37-33(36-31)30-23-14-8-7-13-22(23)26(19-34-30)29-25-18-17-20-11-5-6-12-21(20)28(25)24-15-9-10-16-27(24)35-29/h5-19H,1-4H3. The summed E-state index contributed by atoms with van der Waals surface area (Å²) in [4.78, 5) is 10.2. The van der Waals surface area contributed by atoms with E-state index in [9.17, 15) is 0 Å². The quantitative estimate of drug-likeness (QED) is 0.196. The Labute approximate surface area is 216 Å². The van der Waals surface area contributed by atoms with Crippen LogP contribution in [0.2, 0.25) is 0 Å². The van der Waals surface area contributed by atoms with E-state index in [1.807, 2.05) is 18.3 Å². The molecule has 0 atom stereocenters. The third kappa shape index (κ3) is 3.31. The van der Waals surface area contributed by atoms with Crippen LogP contribution in [0.5, 0.6) is 0 Å². The Morgan fingerprint density at radius 1 is 0.622 bits per heavy atom. The van der Waals surface area contributed by atoms with Crippen molar-refractivity contribution in [2.75, 3.05) is 0 Å². The van der Waals surface area contributed by atoms with Crippen molar-refractivity contribution in [3.63, 3.8) is 0 Å². The van der Waals surface area contributed by atoms with Crippen molar-refractivity contribution in [2.24, 2.45) is 0 Å². The number of hydrogen-bond acceptors (Lipinski definition) is 4. The van der Waals surface area contributed by atoms with E-state index in [4.69, 9.17) is 19.3 Å². The molecule has 37 heavy (non-hydrogen) atoms. The molecular weight excluding hydrogens is 455 g/mol. The number of pyridine rings is 2. The molecule has 5 heteroatoms. The first kappa shape index (κ1) is 22.4. The zero-order valence-corrected chi connectivity index (χ0v) is 21.4. The molecular formula is C32H27BN2O2. The molecule has 4 aromatic carbocycles. The van der Waals surface area contributed by atoms with E-state index in [1.165, 1.54) is 16.2 Å². The summed E-state index contributed by atoms with van der Waals surface area (Å²) in [6.07, 6.45) is 1.94. The van der Waals surface area contributed by atoms with Gasteiger partial charge in [0.1, 0.15) is 0 Å². The number of benzene rings is 4. The molecule has 1 fully saturated rings. The highest BCUT2D eigenvalue weighted by Crippen LogP contribution is 2.40. The molecule has 0 saturated carbocycles. The molecule has 0 bridgehead atoms. The molecule has 4 nitrogen and oxygen atoms in total. The lowest BCUT2D eigenvalue weighted by molar-refractivity contribution is 0.00578. The minimum absolute atomic E-state index is 0.434. The molecule has 180 valence electrons. The summed E-state index contributed by atoms with van der Waals surface area (Å²) in [6.45, 7) is 8.27. The van der Waals surface area contributed by atoms with Crippen molar-refractivity contribution in [3.05, 3.63) is 91.1 Å². The van der Waals surface area contributed by atoms with Crippen LogP contribution in [0.1, 0.15) is 27.7 Å². The predicted molar refractivity (Wildman–Crippen MR) is 153 cm³/mol. The van der Waals surface area contributed by atoms with Gasteiger partial charge in [-0.25, -0.2) is 4.98 Å². The first-order valence-corrected chi connectivity index (χ1v) is 12.8. The largest absolute Gasteiger partial charge is 0.515 e. The summed E-state index contributed by atoms with van der Waals surface area (Å²) in [5, 5.41) is 8.04. The SMILES string of the molecule is CC1(C)OB(c2ncc(-c3nc4ccccc4c4c3ccc3ccccc34)c3ccccc23)OC1(C)C. The van der Waals surface area contributed by atoms with Crippen LogP contribution in [0.15, 0.2) is 91.1 Å². The Hall–Kier alpha value is -3.80. The van der Waals surface area contributed by atoms with Crippen molar-refractivity contribution >= 4 is 55.9 Å². The summed E-state index contributed by atoms with van der Waals surface area (Å²) < 4.78 is 12.8. The average molecular weight is 482 g/mol. The lowest BCUT2D eigenvalue weighted by atomic mass is 9.80. The molecule has 3 heterocycles. The van der Waals surface area contributed by atoms with Gasteiger partial charge in [-0.2, -0.15) is 0 Å². The van der Waals surface area contributed by atoms with Crippen molar-refractivity contribution in [2.45, 2.75) is 38.9 Å². The molecule has 0 unspecified atom stereocenters. The van der Waals surface area contributed by atoms with Gasteiger partial charge < -0.3 is 9.31 Å². The van der Waals surface area contributed by atoms with Gasteiger partial charge in [-0.15, -0.1) is 0 Å². The van der Waals surface area contributed by atoms with Gasteiger partial charge in [0.2, 0.25) is 0 Å². The zero-order chi connectivity index (χ0) is 25.4. The Kier molecular flexibility index (Phi) is 4.75. The minimum Gasteiger partial charge on any atom is -0.398 e. The molecule has 0 spiro atoms. The van der Waals surface area contributed by atoms with E-state index in [1.54, 1.807) is 0 Å². The highest BCUT2D eigenvalue weighted by atomic mass is 16.7. The molecule has 0 aliphatic carbocycles. The van der Waals surface area contributed by atoms with Crippen LogP contribution in [0, 0.1) is 0 Å². The van der Waals surface area contributed by atoms with Crippen LogP contribution in [-0.4, -0.2) is 28.3 Å². The maximum Gasteiger partial charge on any atom is 0.515 e. The van der Waals surface area contributed by atoms with Gasteiger partial charge in [0.15, 0.2) is 0 Å². The fourth-order valence-electron chi connectivity index (χ4n) is 5.47. The van der Waals surface area contributed by atoms with Crippen molar-refractivity contribution < 1.29 is 9.31 Å². The number of fused-ring (bicyclic) bond motifs is 6. The molecule has 7 rings (SSSR count). The second kappa shape index (κ2) is 7.85. The summed E-state index contributed by atoms with van der Waals surface area (Å²) in [6, 6.07) is 29.7. The van der Waals surface area contributed by atoms with Gasteiger partial charge in [0.05, 0.1) is 28.0 Å². The van der Waals surface area contributed by atoms with Gasteiger partial charge in [-0.1, -0.05) is 78.9 Å². The second-order valence-corrected chi connectivity index (χ2v) is 10.9. The predicted octanol–water partition coefficient (Wildman–Crippen LogP) is 7.06. The average Bonchev–Trinajstić information content (AvgIpc) is 3.13. The number of para-hydroxylation sites is 1. The molecule has 6 aromatic rings. The maximum atomic E-state index is 6.38. The van der Waals surface area contributed by atoms with Gasteiger partial charge in [-0.3, -0.25) is 4.98 Å². The lowest BCUT2D eigenvalue weighted by Crippen LogP contribution is -2.41. The highest BCUT2D eigenvalue weighted by molar-refractivity contribution is 6.64. The second-order valence-electron chi connectivity index (χ2n) is 10.9. The van der Waals surface area contributed by atoms with E-state index in [2.05, 4.69) is 100 Å². The monoisotopic (exact) mass is 482 g/mol. The molecule has 1 saturated heterocycles. The van der Waals surface area contributed by atoms with Crippen molar-refractivity contribution in [1.29, 1.82) is 0 Å². The van der Waals surface area contributed by atoms with Crippen LogP contribution >= 0.6 is 0 Å². The summed E-state index contributed by atoms with van der Waals surface area (Å²) in [7, 11) is -0.533. The fourth-order valence-corrected chi connectivity index (χ4v) is 5.47. The van der Waals surface area contributed by atoms with Crippen molar-refractivity contribution in [1.82, 2.24) is 9.97 Å². The van der Waals surface area contributed by atoms with Crippen LogP contribution in [0.4, 0.5) is 0 Å². The highest BCUT2D eigenvalue weighted by Gasteiger charge is 2.52. The summed E-state index contributed by atoms with van der Waals surface area (Å²) in [5.41, 5.74) is 2.84. The van der Waals surface area contributed by atoms with Gasteiger partial charge >= 0.3 is 7.12 Å². The zero-order valence-electron chi connectivity index (χ0n) is 21.4. The van der Waals surface area contributed by atoms with Gasteiger partial charge in [0.25, 0.3) is 0 Å². The fraction of sp³-hybridized carbons (Fsp3) is 0.188.